The van der Waals surface area contributed by atoms with Gasteiger partial charge in [-0.25, -0.2) is 4.79 Å². The van der Waals surface area contributed by atoms with Gasteiger partial charge in [0, 0.05) is 36.1 Å². The number of piperidine rings is 1. The first-order valence-electron chi connectivity index (χ1n) is 9.36. The molecule has 1 heterocycles. The number of anilines is 1. The summed E-state index contributed by atoms with van der Waals surface area (Å²) < 4.78 is 5.20. The fraction of sp³-hybridized carbons (Fsp3) is 0.333. The van der Waals surface area contributed by atoms with Crippen LogP contribution in [0.2, 0.25) is 5.02 Å². The van der Waals surface area contributed by atoms with E-state index in [4.69, 9.17) is 16.3 Å². The maximum Gasteiger partial charge on any atom is 0.319 e. The van der Waals surface area contributed by atoms with Crippen molar-refractivity contribution in [2.24, 2.45) is 0 Å². The molecule has 0 unspecified atom stereocenters. The topological polar surface area (TPSA) is 90.9 Å². The van der Waals surface area contributed by atoms with Crippen LogP contribution >= 0.6 is 11.6 Å². The lowest BCUT2D eigenvalue weighted by atomic mass is 9.84. The highest BCUT2D eigenvalue weighted by atomic mass is 35.5. The molecule has 2 aromatic carbocycles. The molecular weight excluding hydrogens is 394 g/mol. The number of urea groups is 1. The second-order valence-electron chi connectivity index (χ2n) is 6.86. The fourth-order valence-electron chi connectivity index (χ4n) is 3.48. The van der Waals surface area contributed by atoms with Crippen molar-refractivity contribution in [1.29, 1.82) is 0 Å². The van der Waals surface area contributed by atoms with E-state index in [9.17, 15) is 14.7 Å². The van der Waals surface area contributed by atoms with Crippen molar-refractivity contribution in [2.45, 2.75) is 18.4 Å². The second-order valence-corrected chi connectivity index (χ2v) is 7.30. The molecule has 0 spiro atoms. The number of likely N-dealkylation sites (tertiary alicyclic amines) is 1. The van der Waals surface area contributed by atoms with Crippen molar-refractivity contribution in [3.05, 3.63) is 59.1 Å². The van der Waals surface area contributed by atoms with Gasteiger partial charge in [-0.1, -0.05) is 23.7 Å². The van der Waals surface area contributed by atoms with Crippen LogP contribution in [0.5, 0.6) is 5.75 Å². The minimum atomic E-state index is -0.367. The summed E-state index contributed by atoms with van der Waals surface area (Å²) in [5, 5.41) is 15.6. The van der Waals surface area contributed by atoms with Crippen LogP contribution in [0.15, 0.2) is 48.5 Å². The summed E-state index contributed by atoms with van der Waals surface area (Å²) in [4.78, 5) is 26.6. The standard InChI is InChI=1S/C21H24ClN3O4/c1-29-17-8-2-14(3-9-17)18-12-20(27)25(10-11-26)13-19(18)24-21(28)23-16-6-4-15(22)5-7-16/h2-9,18-19,26H,10-13H2,1H3,(H2,23,24,28)/t18-,19+/m1/s1. The van der Waals surface area contributed by atoms with Crippen LogP contribution in [0.25, 0.3) is 0 Å². The van der Waals surface area contributed by atoms with Gasteiger partial charge in [0.2, 0.25) is 5.91 Å². The number of carbonyl (C=O) groups excluding carboxylic acids is 2. The van der Waals surface area contributed by atoms with Gasteiger partial charge in [-0.05, 0) is 42.0 Å². The van der Waals surface area contributed by atoms with Gasteiger partial charge in [0.05, 0.1) is 19.8 Å². The number of benzene rings is 2. The van der Waals surface area contributed by atoms with Gasteiger partial charge in [0.1, 0.15) is 5.75 Å². The Hall–Kier alpha value is -2.77. The molecule has 1 fully saturated rings. The lowest BCUT2D eigenvalue weighted by molar-refractivity contribution is -0.135. The number of ether oxygens (including phenoxy) is 1. The molecule has 2 atom stereocenters. The zero-order valence-electron chi connectivity index (χ0n) is 16.1. The van der Waals surface area contributed by atoms with Crippen molar-refractivity contribution in [3.63, 3.8) is 0 Å². The first kappa shape index (κ1) is 21.0. The number of nitrogens with zero attached hydrogens (tertiary/aromatic N) is 1. The number of methoxy groups -OCH3 is 1. The number of aliphatic hydroxyl groups is 1. The summed E-state index contributed by atoms with van der Waals surface area (Å²) in [7, 11) is 1.59. The first-order valence-corrected chi connectivity index (χ1v) is 9.73. The van der Waals surface area contributed by atoms with Gasteiger partial charge in [-0.2, -0.15) is 0 Å². The maximum atomic E-state index is 12.6. The number of amides is 3. The summed E-state index contributed by atoms with van der Waals surface area (Å²) in [6, 6.07) is 13.6. The number of halogens is 1. The van der Waals surface area contributed by atoms with E-state index in [0.717, 1.165) is 11.3 Å². The molecule has 3 N–H and O–H groups in total. The molecule has 1 aliphatic rings. The molecule has 154 valence electrons. The van der Waals surface area contributed by atoms with E-state index in [1.54, 1.807) is 36.3 Å². The number of nitrogens with one attached hydrogen (secondary N) is 2. The average molecular weight is 418 g/mol. The van der Waals surface area contributed by atoms with Crippen LogP contribution in [-0.2, 0) is 4.79 Å². The van der Waals surface area contributed by atoms with E-state index in [0.29, 0.717) is 17.3 Å². The van der Waals surface area contributed by atoms with Gasteiger partial charge < -0.3 is 25.4 Å². The molecule has 0 radical (unpaired) electrons. The molecule has 0 aromatic heterocycles. The summed E-state index contributed by atoms with van der Waals surface area (Å²) >= 11 is 5.88. The van der Waals surface area contributed by atoms with E-state index < -0.39 is 0 Å². The first-order chi connectivity index (χ1) is 14.0. The smallest absolute Gasteiger partial charge is 0.319 e. The highest BCUT2D eigenvalue weighted by Crippen LogP contribution is 2.30. The van der Waals surface area contributed by atoms with Crippen molar-refractivity contribution in [3.8, 4) is 5.75 Å². The summed E-state index contributed by atoms with van der Waals surface area (Å²) in [6.45, 7) is 0.442. The summed E-state index contributed by atoms with van der Waals surface area (Å²) in [5.41, 5.74) is 1.56. The van der Waals surface area contributed by atoms with Gasteiger partial charge in [0.25, 0.3) is 0 Å². The molecule has 29 heavy (non-hydrogen) atoms. The summed E-state index contributed by atoms with van der Waals surface area (Å²) in [5.74, 6) is 0.498. The van der Waals surface area contributed by atoms with Crippen LogP contribution < -0.4 is 15.4 Å². The third-order valence-corrected chi connectivity index (χ3v) is 5.23. The Morgan fingerprint density at radius 3 is 2.52 bits per heavy atom. The molecule has 0 aliphatic carbocycles. The Morgan fingerprint density at radius 1 is 1.21 bits per heavy atom. The Morgan fingerprint density at radius 2 is 1.90 bits per heavy atom. The molecule has 8 heteroatoms. The van der Waals surface area contributed by atoms with E-state index in [2.05, 4.69) is 10.6 Å². The summed E-state index contributed by atoms with van der Waals surface area (Å²) in [6.07, 6.45) is 0.248. The molecular formula is C21H24ClN3O4. The molecule has 0 bridgehead atoms. The van der Waals surface area contributed by atoms with Gasteiger partial charge in [0.15, 0.2) is 0 Å². The third-order valence-electron chi connectivity index (χ3n) is 4.98. The number of carbonyl (C=O) groups is 2. The predicted molar refractivity (Wildman–Crippen MR) is 111 cm³/mol. The Balaban J connectivity index is 1.76. The van der Waals surface area contributed by atoms with Crippen LogP contribution in [0, 0.1) is 0 Å². The van der Waals surface area contributed by atoms with E-state index in [1.807, 2.05) is 24.3 Å². The minimum absolute atomic E-state index is 0.0453. The van der Waals surface area contributed by atoms with Crippen molar-refractivity contribution >= 4 is 29.2 Å². The second kappa shape index (κ2) is 9.62. The monoisotopic (exact) mass is 417 g/mol. The zero-order valence-corrected chi connectivity index (χ0v) is 16.9. The number of hydrogen-bond donors (Lipinski definition) is 3. The van der Waals surface area contributed by atoms with Crippen LogP contribution in [0.4, 0.5) is 10.5 Å². The Labute approximate surface area is 174 Å². The molecule has 0 saturated carbocycles. The van der Waals surface area contributed by atoms with E-state index in [1.165, 1.54) is 0 Å². The molecule has 3 amide bonds. The van der Waals surface area contributed by atoms with E-state index >= 15 is 0 Å². The number of aliphatic hydroxyl groups excluding tert-OH is 1. The number of β-amino-alcohol motifs (C(OH)–C–C–N with tert-alkyl or cyclic N) is 1. The number of hydrogen-bond acceptors (Lipinski definition) is 4. The highest BCUT2D eigenvalue weighted by molar-refractivity contribution is 6.30. The SMILES string of the molecule is COc1ccc([C@H]2CC(=O)N(CCO)C[C@@H]2NC(=O)Nc2ccc(Cl)cc2)cc1. The van der Waals surface area contributed by atoms with Crippen molar-refractivity contribution < 1.29 is 19.4 Å². The maximum absolute atomic E-state index is 12.6. The van der Waals surface area contributed by atoms with Crippen LogP contribution in [0.3, 0.4) is 0 Å². The Kier molecular flexibility index (Phi) is 6.95. The van der Waals surface area contributed by atoms with Gasteiger partial charge >= 0.3 is 6.03 Å². The lowest BCUT2D eigenvalue weighted by Crippen LogP contribution is -2.55. The van der Waals surface area contributed by atoms with Crippen LogP contribution in [0.1, 0.15) is 17.9 Å². The highest BCUT2D eigenvalue weighted by Gasteiger charge is 2.35. The quantitative estimate of drug-likeness (QED) is 0.674. The van der Waals surface area contributed by atoms with Gasteiger partial charge in [-0.15, -0.1) is 0 Å². The normalized spacial score (nSPS) is 19.0. The van der Waals surface area contributed by atoms with Crippen molar-refractivity contribution in [2.75, 3.05) is 32.1 Å². The zero-order chi connectivity index (χ0) is 20.8. The molecule has 1 aliphatic heterocycles. The average Bonchev–Trinajstić information content (AvgIpc) is 2.72. The molecule has 3 rings (SSSR count). The van der Waals surface area contributed by atoms with Crippen molar-refractivity contribution in [1.82, 2.24) is 10.2 Å². The third kappa shape index (κ3) is 5.40. The largest absolute Gasteiger partial charge is 0.497 e. The molecule has 1 saturated heterocycles. The number of rotatable bonds is 6. The molecule has 2 aromatic rings. The Bertz CT molecular complexity index is 842. The minimum Gasteiger partial charge on any atom is -0.497 e. The molecule has 7 nitrogen and oxygen atoms in total. The van der Waals surface area contributed by atoms with Crippen LogP contribution in [-0.4, -0.2) is 54.8 Å². The fourth-order valence-corrected chi connectivity index (χ4v) is 3.60. The van der Waals surface area contributed by atoms with E-state index in [-0.39, 0.29) is 43.5 Å². The predicted octanol–water partition coefficient (Wildman–Crippen LogP) is 2.85. The van der Waals surface area contributed by atoms with Gasteiger partial charge in [-0.3, -0.25) is 4.79 Å². The lowest BCUT2D eigenvalue weighted by Gasteiger charge is -2.38.